The zero-order valence-electron chi connectivity index (χ0n) is 19.5. The first-order valence-corrected chi connectivity index (χ1v) is 13.1. The highest BCUT2D eigenvalue weighted by Crippen LogP contribution is 2.32. The van der Waals surface area contributed by atoms with Gasteiger partial charge in [0.15, 0.2) is 5.69 Å². The molecule has 1 aliphatic rings. The van der Waals surface area contributed by atoms with Gasteiger partial charge in [-0.1, -0.05) is 23.7 Å². The van der Waals surface area contributed by atoms with E-state index in [4.69, 9.17) is 11.6 Å². The van der Waals surface area contributed by atoms with Crippen LogP contribution in [0.5, 0.6) is 0 Å². The molecule has 3 heterocycles. The van der Waals surface area contributed by atoms with E-state index in [-0.39, 0.29) is 22.7 Å². The quantitative estimate of drug-likeness (QED) is 0.351. The zero-order valence-corrected chi connectivity index (χ0v) is 21.1. The Balaban J connectivity index is 1.27. The average Bonchev–Trinajstić information content (AvgIpc) is 3.47. The maximum absolute atomic E-state index is 13.3. The molecular formula is C25H23ClF3N5O2S. The van der Waals surface area contributed by atoms with Gasteiger partial charge >= 0.3 is 11.9 Å². The molecule has 194 valence electrons. The van der Waals surface area contributed by atoms with Crippen LogP contribution in [0.25, 0.3) is 11.0 Å². The maximum atomic E-state index is 13.3. The number of alkyl halides is 3. The number of imidazole rings is 1. The Bertz CT molecular complexity index is 1470. The Morgan fingerprint density at radius 1 is 1.11 bits per heavy atom. The molecule has 12 heteroatoms. The molecule has 1 aliphatic carbocycles. The van der Waals surface area contributed by atoms with Crippen LogP contribution in [-0.4, -0.2) is 31.1 Å². The molecule has 0 aliphatic heterocycles. The molecule has 0 radical (unpaired) electrons. The standard InChI is InChI=1S/C25H23ClF3N5O2S/c26-16-9-19(22(30-10-16)25(27,28)29)23(35)32-17-7-5-15(6-8-17)11-33-20-3-1-2-4-21(20)34(24(33)36)12-18-13-37-14-31-18/h1-4,9-10,13-15,17H,5-8,11-12H2,(H,32,35)/t15-,17-. The van der Waals surface area contributed by atoms with Crippen molar-refractivity contribution in [2.75, 3.05) is 0 Å². The smallest absolute Gasteiger partial charge is 0.349 e. The van der Waals surface area contributed by atoms with Gasteiger partial charge in [0.25, 0.3) is 5.91 Å². The van der Waals surface area contributed by atoms with Gasteiger partial charge in [0.2, 0.25) is 0 Å². The van der Waals surface area contributed by atoms with E-state index in [1.165, 1.54) is 11.3 Å². The van der Waals surface area contributed by atoms with Gasteiger partial charge in [0, 0.05) is 24.2 Å². The molecule has 1 fully saturated rings. The summed E-state index contributed by atoms with van der Waals surface area (Å²) in [5, 5.41) is 4.59. The first-order chi connectivity index (χ1) is 17.7. The molecule has 7 nitrogen and oxygen atoms in total. The molecule has 0 unspecified atom stereocenters. The third-order valence-corrected chi connectivity index (χ3v) is 7.56. The lowest BCUT2D eigenvalue weighted by Crippen LogP contribution is -2.39. The van der Waals surface area contributed by atoms with Crippen LogP contribution in [-0.2, 0) is 19.3 Å². The normalized spacial score (nSPS) is 18.3. The molecule has 1 aromatic carbocycles. The summed E-state index contributed by atoms with van der Waals surface area (Å²) in [5.74, 6) is -0.643. The summed E-state index contributed by atoms with van der Waals surface area (Å²) in [5.41, 5.74) is 2.33. The number of carbonyl (C=O) groups is 1. The Kier molecular flexibility index (Phi) is 7.09. The molecule has 4 aromatic rings. The van der Waals surface area contributed by atoms with Gasteiger partial charge in [-0.3, -0.25) is 13.9 Å². The van der Waals surface area contributed by atoms with Crippen molar-refractivity contribution in [2.45, 2.75) is 51.0 Å². The second-order valence-electron chi connectivity index (χ2n) is 9.19. The lowest BCUT2D eigenvalue weighted by atomic mass is 9.85. The summed E-state index contributed by atoms with van der Waals surface area (Å²) in [6.45, 7) is 0.924. The van der Waals surface area contributed by atoms with Crippen LogP contribution in [0, 0.1) is 5.92 Å². The van der Waals surface area contributed by atoms with E-state index in [2.05, 4.69) is 15.3 Å². The van der Waals surface area contributed by atoms with Crippen LogP contribution < -0.4 is 11.0 Å². The number of hydrogen-bond acceptors (Lipinski definition) is 5. The number of fused-ring (bicyclic) bond motifs is 1. The van der Waals surface area contributed by atoms with E-state index in [0.717, 1.165) is 41.8 Å². The van der Waals surface area contributed by atoms with Crippen LogP contribution >= 0.6 is 22.9 Å². The Morgan fingerprint density at radius 3 is 2.46 bits per heavy atom. The van der Waals surface area contributed by atoms with E-state index >= 15 is 0 Å². The average molecular weight is 550 g/mol. The van der Waals surface area contributed by atoms with E-state index in [9.17, 15) is 22.8 Å². The first-order valence-electron chi connectivity index (χ1n) is 11.8. The third kappa shape index (κ3) is 5.42. The van der Waals surface area contributed by atoms with Crippen molar-refractivity contribution in [3.63, 3.8) is 0 Å². The number of rotatable bonds is 6. The Hall–Kier alpha value is -3.18. The third-order valence-electron chi connectivity index (χ3n) is 6.72. The van der Waals surface area contributed by atoms with Gasteiger partial charge in [0.05, 0.1) is 39.4 Å². The maximum Gasteiger partial charge on any atom is 0.434 e. The van der Waals surface area contributed by atoms with Crippen molar-refractivity contribution >= 4 is 39.9 Å². The number of benzene rings is 1. The molecule has 0 saturated heterocycles. The van der Waals surface area contributed by atoms with Gasteiger partial charge < -0.3 is 5.32 Å². The second-order valence-corrected chi connectivity index (χ2v) is 10.3. The van der Waals surface area contributed by atoms with Gasteiger partial charge in [-0.25, -0.2) is 14.8 Å². The van der Waals surface area contributed by atoms with Crippen molar-refractivity contribution in [2.24, 2.45) is 5.92 Å². The molecular weight excluding hydrogens is 527 g/mol. The van der Waals surface area contributed by atoms with Gasteiger partial charge in [0.1, 0.15) is 0 Å². The lowest BCUT2D eigenvalue weighted by molar-refractivity contribution is -0.141. The number of amides is 1. The van der Waals surface area contributed by atoms with E-state index in [0.29, 0.717) is 25.9 Å². The summed E-state index contributed by atoms with van der Waals surface area (Å²) in [4.78, 5) is 33.6. The number of nitrogens with zero attached hydrogens (tertiary/aromatic N) is 4. The number of aromatic nitrogens is 4. The highest BCUT2D eigenvalue weighted by atomic mass is 35.5. The largest absolute Gasteiger partial charge is 0.434 e. The summed E-state index contributed by atoms with van der Waals surface area (Å²) in [6, 6.07) is 8.37. The van der Waals surface area contributed by atoms with Gasteiger partial charge in [-0.05, 0) is 49.8 Å². The fourth-order valence-electron chi connectivity index (χ4n) is 4.93. The predicted molar refractivity (Wildman–Crippen MR) is 135 cm³/mol. The minimum absolute atomic E-state index is 0.0405. The van der Waals surface area contributed by atoms with E-state index < -0.39 is 23.3 Å². The summed E-state index contributed by atoms with van der Waals surface area (Å²) in [6.07, 6.45) is -1.25. The van der Waals surface area contributed by atoms with Crippen molar-refractivity contribution < 1.29 is 18.0 Å². The number of carbonyl (C=O) groups excluding carboxylic acids is 1. The highest BCUT2D eigenvalue weighted by molar-refractivity contribution is 7.07. The molecule has 1 saturated carbocycles. The number of thiazole rings is 1. The van der Waals surface area contributed by atoms with Crippen LogP contribution in [0.2, 0.25) is 5.02 Å². The first kappa shape index (κ1) is 25.5. The summed E-state index contributed by atoms with van der Waals surface area (Å²) in [7, 11) is 0. The van der Waals surface area contributed by atoms with Crippen molar-refractivity contribution in [3.8, 4) is 0 Å². The fourth-order valence-corrected chi connectivity index (χ4v) is 5.64. The molecule has 0 bridgehead atoms. The lowest BCUT2D eigenvalue weighted by Gasteiger charge is -2.29. The highest BCUT2D eigenvalue weighted by Gasteiger charge is 2.38. The van der Waals surface area contributed by atoms with Crippen LogP contribution in [0.4, 0.5) is 13.2 Å². The SMILES string of the molecule is O=C(N[C@H]1CC[C@H](Cn2c(=O)n(Cc3cscn3)c3ccccc32)CC1)c1cc(Cl)cnc1C(F)(F)F. The Morgan fingerprint density at radius 2 is 1.81 bits per heavy atom. The molecule has 0 atom stereocenters. The zero-order chi connectivity index (χ0) is 26.2. The molecule has 0 spiro atoms. The topological polar surface area (TPSA) is 81.8 Å². The number of hydrogen-bond donors (Lipinski definition) is 1. The van der Waals surface area contributed by atoms with E-state index in [1.54, 1.807) is 14.6 Å². The number of para-hydroxylation sites is 2. The minimum Gasteiger partial charge on any atom is -0.349 e. The molecule has 3 aromatic heterocycles. The van der Waals surface area contributed by atoms with Gasteiger partial charge in [-0.15, -0.1) is 11.3 Å². The van der Waals surface area contributed by atoms with Crippen LogP contribution in [0.3, 0.4) is 0 Å². The van der Waals surface area contributed by atoms with Crippen molar-refractivity contribution in [3.05, 3.63) is 79.9 Å². The monoisotopic (exact) mass is 549 g/mol. The Labute approximate surface area is 218 Å². The van der Waals surface area contributed by atoms with Crippen molar-refractivity contribution in [1.29, 1.82) is 0 Å². The number of pyridine rings is 1. The van der Waals surface area contributed by atoms with E-state index in [1.807, 2.05) is 29.6 Å². The molecule has 1 amide bonds. The summed E-state index contributed by atoms with van der Waals surface area (Å²) >= 11 is 7.28. The molecule has 1 N–H and O–H groups in total. The summed E-state index contributed by atoms with van der Waals surface area (Å²) < 4.78 is 43.5. The van der Waals surface area contributed by atoms with Gasteiger partial charge in [-0.2, -0.15) is 13.2 Å². The predicted octanol–water partition coefficient (Wildman–Crippen LogP) is 5.36. The number of nitrogens with one attached hydrogen (secondary N) is 1. The minimum atomic E-state index is -4.76. The molecule has 5 rings (SSSR count). The van der Waals surface area contributed by atoms with Crippen LogP contribution in [0.1, 0.15) is 47.4 Å². The fraction of sp³-hybridized carbons (Fsp3) is 0.360. The second kappa shape index (κ2) is 10.3. The van der Waals surface area contributed by atoms with Crippen molar-refractivity contribution in [1.82, 2.24) is 24.4 Å². The number of halogens is 4. The van der Waals surface area contributed by atoms with Crippen LogP contribution in [0.15, 0.2) is 52.2 Å². The molecule has 37 heavy (non-hydrogen) atoms.